The number of carboxylic acid groups (broad SMARTS) is 2. The predicted octanol–water partition coefficient (Wildman–Crippen LogP) is 9.44. The van der Waals surface area contributed by atoms with E-state index < -0.39 is 11.9 Å². The fourth-order valence-corrected chi connectivity index (χ4v) is 5.82. The third-order valence-electron chi connectivity index (χ3n) is 8.74. The fraction of sp³-hybridized carbons (Fsp3) is 0.556. The molecule has 7 heteroatoms. The summed E-state index contributed by atoms with van der Waals surface area (Å²) in [6.45, 7) is 18.6. The van der Waals surface area contributed by atoms with Crippen molar-refractivity contribution in [3.05, 3.63) is 58.7 Å². The van der Waals surface area contributed by atoms with Crippen molar-refractivity contribution in [2.24, 2.45) is 4.99 Å². The molecule has 236 valence electrons. The first-order chi connectivity index (χ1) is 20.1. The van der Waals surface area contributed by atoms with Crippen molar-refractivity contribution in [2.75, 3.05) is 11.9 Å². The SMILES string of the molecule is CC1=Nc2ccc(C)cc2C1(C)C.CC1=[N+](CCCCCC(=O)O)c2ccc(C)cc2C1(C)C.O=C(O)CCCCCBr. The lowest BCUT2D eigenvalue weighted by atomic mass is 9.82. The smallest absolute Gasteiger partial charge is 0.303 e. The molecular formula is C36H52BrN2O4+. The molecule has 0 fully saturated rings. The van der Waals surface area contributed by atoms with Crippen LogP contribution in [0.2, 0.25) is 0 Å². The zero-order chi connectivity index (χ0) is 32.4. The predicted molar refractivity (Wildman–Crippen MR) is 183 cm³/mol. The van der Waals surface area contributed by atoms with Crippen LogP contribution in [-0.2, 0) is 20.4 Å². The maximum Gasteiger partial charge on any atom is 0.303 e. The highest BCUT2D eigenvalue weighted by molar-refractivity contribution is 9.09. The van der Waals surface area contributed by atoms with Crippen LogP contribution in [-0.4, -0.2) is 50.0 Å². The number of unbranched alkanes of at least 4 members (excludes halogenated alkanes) is 4. The number of alkyl halides is 1. The van der Waals surface area contributed by atoms with Gasteiger partial charge in [0.2, 0.25) is 5.69 Å². The van der Waals surface area contributed by atoms with Gasteiger partial charge in [0.1, 0.15) is 6.54 Å². The average molecular weight is 657 g/mol. The minimum Gasteiger partial charge on any atom is -0.481 e. The molecule has 2 aliphatic rings. The zero-order valence-corrected chi connectivity index (χ0v) is 29.1. The number of aryl methyl sites for hydroxylation is 2. The largest absolute Gasteiger partial charge is 0.481 e. The normalized spacial score (nSPS) is 15.4. The summed E-state index contributed by atoms with van der Waals surface area (Å²) < 4.78 is 2.41. The summed E-state index contributed by atoms with van der Waals surface area (Å²) in [5, 5.41) is 17.9. The molecule has 0 saturated heterocycles. The Morgan fingerprint density at radius 2 is 1.28 bits per heavy atom. The number of carbonyl (C=O) groups is 2. The lowest BCUT2D eigenvalue weighted by molar-refractivity contribution is -0.439. The van der Waals surface area contributed by atoms with E-state index in [2.05, 4.69) is 117 Å². The average Bonchev–Trinajstić information content (AvgIpc) is 3.27. The van der Waals surface area contributed by atoms with Crippen molar-refractivity contribution in [2.45, 2.75) is 118 Å². The van der Waals surface area contributed by atoms with E-state index in [1.54, 1.807) is 0 Å². The highest BCUT2D eigenvalue weighted by Crippen LogP contribution is 2.41. The van der Waals surface area contributed by atoms with Gasteiger partial charge in [-0.25, -0.2) is 0 Å². The number of aliphatic carboxylic acids is 2. The minimum atomic E-state index is -0.694. The number of hydrogen-bond acceptors (Lipinski definition) is 3. The number of nitrogens with zero attached hydrogens (tertiary/aromatic N) is 2. The molecule has 4 rings (SSSR count). The van der Waals surface area contributed by atoms with Crippen LogP contribution in [0.4, 0.5) is 11.4 Å². The second-order valence-electron chi connectivity index (χ2n) is 12.8. The first-order valence-electron chi connectivity index (χ1n) is 15.5. The standard InChI is InChI=1S/C18H25NO2.C12H15N.C6H11BrO2/c1-13-9-10-16-15(12-13)18(3,4)14(2)19(16)11-7-5-6-8-17(20)21;1-8-5-6-11-10(7-8)12(3,4)9(2)13-11;7-5-3-1-2-4-6(8)9/h9-10,12H,5-8,11H2,1-4H3;5-7H,1-4H3;1-5H2,(H,8,9)/p+1. The third kappa shape index (κ3) is 10.1. The number of aliphatic imine (C=N–C) groups is 1. The molecule has 0 radical (unpaired) electrons. The van der Waals surface area contributed by atoms with Crippen molar-refractivity contribution < 1.29 is 24.4 Å². The van der Waals surface area contributed by atoms with E-state index in [0.29, 0.717) is 6.42 Å². The van der Waals surface area contributed by atoms with E-state index in [-0.39, 0.29) is 17.3 Å². The molecule has 0 unspecified atom stereocenters. The molecule has 2 heterocycles. The number of halogens is 1. The van der Waals surface area contributed by atoms with Crippen LogP contribution in [0.5, 0.6) is 0 Å². The van der Waals surface area contributed by atoms with E-state index in [4.69, 9.17) is 10.2 Å². The first kappa shape index (κ1) is 36.4. The van der Waals surface area contributed by atoms with Crippen LogP contribution in [0, 0.1) is 13.8 Å². The van der Waals surface area contributed by atoms with E-state index in [1.807, 2.05) is 0 Å². The van der Waals surface area contributed by atoms with E-state index >= 15 is 0 Å². The van der Waals surface area contributed by atoms with Crippen molar-refractivity contribution >= 4 is 50.7 Å². The van der Waals surface area contributed by atoms with Gasteiger partial charge in [0.25, 0.3) is 0 Å². The van der Waals surface area contributed by atoms with Gasteiger partial charge >= 0.3 is 11.9 Å². The molecule has 0 saturated carbocycles. The Morgan fingerprint density at radius 3 is 1.84 bits per heavy atom. The van der Waals surface area contributed by atoms with Gasteiger partial charge in [-0.2, -0.15) is 4.58 Å². The molecule has 0 spiro atoms. The minimum absolute atomic E-state index is 0.0857. The number of rotatable bonds is 11. The molecule has 0 aromatic heterocycles. The lowest BCUT2D eigenvalue weighted by Gasteiger charge is -2.20. The molecule has 0 atom stereocenters. The molecule has 0 bridgehead atoms. The molecule has 2 aliphatic heterocycles. The molecule has 0 aliphatic carbocycles. The Hall–Kier alpha value is -2.80. The van der Waals surface area contributed by atoms with Crippen LogP contribution in [0.1, 0.15) is 115 Å². The van der Waals surface area contributed by atoms with Crippen molar-refractivity contribution in [1.82, 2.24) is 0 Å². The molecular weight excluding hydrogens is 604 g/mol. The topological polar surface area (TPSA) is 90.0 Å². The summed E-state index contributed by atoms with van der Waals surface area (Å²) in [6.07, 6.45) is 6.26. The summed E-state index contributed by atoms with van der Waals surface area (Å²) in [5.74, 6) is -1.38. The molecule has 6 nitrogen and oxygen atoms in total. The Labute approximate surface area is 267 Å². The second kappa shape index (κ2) is 16.3. The molecule has 2 aromatic rings. The number of carboxylic acids is 2. The lowest BCUT2D eigenvalue weighted by Crippen LogP contribution is -2.26. The van der Waals surface area contributed by atoms with Gasteiger partial charge < -0.3 is 10.2 Å². The molecule has 2 aromatic carbocycles. The van der Waals surface area contributed by atoms with Crippen LogP contribution in [0.15, 0.2) is 41.4 Å². The van der Waals surface area contributed by atoms with Gasteiger partial charge in [0, 0.05) is 54.3 Å². The van der Waals surface area contributed by atoms with Gasteiger partial charge in [-0.3, -0.25) is 14.6 Å². The van der Waals surface area contributed by atoms with Crippen LogP contribution in [0.25, 0.3) is 0 Å². The fourth-order valence-electron chi connectivity index (χ4n) is 5.42. The van der Waals surface area contributed by atoms with E-state index in [9.17, 15) is 9.59 Å². The van der Waals surface area contributed by atoms with Crippen molar-refractivity contribution in [3.63, 3.8) is 0 Å². The van der Waals surface area contributed by atoms with E-state index in [0.717, 1.165) is 56.1 Å². The summed E-state index contributed by atoms with van der Waals surface area (Å²) >= 11 is 3.27. The molecule has 2 N–H and O–H groups in total. The third-order valence-corrected chi connectivity index (χ3v) is 9.30. The van der Waals surface area contributed by atoms with Gasteiger partial charge in [-0.05, 0) is 78.0 Å². The summed E-state index contributed by atoms with van der Waals surface area (Å²) in [4.78, 5) is 25.1. The zero-order valence-electron chi connectivity index (χ0n) is 27.5. The quantitative estimate of drug-likeness (QED) is 0.143. The van der Waals surface area contributed by atoms with Crippen molar-refractivity contribution in [1.29, 1.82) is 0 Å². The summed E-state index contributed by atoms with van der Waals surface area (Å²) in [5.41, 5.74) is 10.7. The number of benzene rings is 2. The molecule has 0 amide bonds. The Kier molecular flexibility index (Phi) is 13.8. The Balaban J connectivity index is 0.000000250. The first-order valence-corrected chi connectivity index (χ1v) is 16.6. The van der Waals surface area contributed by atoms with Crippen LogP contribution >= 0.6 is 15.9 Å². The maximum absolute atomic E-state index is 10.5. The van der Waals surface area contributed by atoms with Crippen LogP contribution in [0.3, 0.4) is 0 Å². The van der Waals surface area contributed by atoms with Crippen molar-refractivity contribution in [3.8, 4) is 0 Å². The second-order valence-corrected chi connectivity index (χ2v) is 13.6. The maximum atomic E-state index is 10.5. The number of hydrogen-bond donors (Lipinski definition) is 2. The molecule has 43 heavy (non-hydrogen) atoms. The Bertz CT molecular complexity index is 1340. The van der Waals surface area contributed by atoms with Gasteiger partial charge in [-0.1, -0.05) is 65.5 Å². The van der Waals surface area contributed by atoms with E-state index in [1.165, 1.54) is 39.4 Å². The van der Waals surface area contributed by atoms with Crippen LogP contribution < -0.4 is 0 Å². The van der Waals surface area contributed by atoms with Gasteiger partial charge in [0.05, 0.1) is 11.1 Å². The summed E-state index contributed by atoms with van der Waals surface area (Å²) in [7, 11) is 0. The highest BCUT2D eigenvalue weighted by atomic mass is 79.9. The highest BCUT2D eigenvalue weighted by Gasteiger charge is 2.42. The summed E-state index contributed by atoms with van der Waals surface area (Å²) in [6, 6.07) is 13.2. The van der Waals surface area contributed by atoms with Gasteiger partial charge in [0.15, 0.2) is 5.71 Å². The monoisotopic (exact) mass is 655 g/mol. The van der Waals surface area contributed by atoms with Gasteiger partial charge in [-0.15, -0.1) is 0 Å². The number of fused-ring (bicyclic) bond motifs is 2. The Morgan fingerprint density at radius 1 is 0.744 bits per heavy atom.